The van der Waals surface area contributed by atoms with Crippen LogP contribution in [0, 0.1) is 0 Å². The van der Waals surface area contributed by atoms with Gasteiger partial charge in [-0.15, -0.1) is 0 Å². The molecule has 0 aromatic heterocycles. The SMILES string of the molecule is c1ccc(-c2ccccc2N(c2ccc(-c3ccc4ccccc4c3)cc2)c2ccc3c4ccccc4c4ccccc4c3c2)cc1. The molecule has 220 valence electrons. The summed E-state index contributed by atoms with van der Waals surface area (Å²) in [4.78, 5) is 2.41. The van der Waals surface area contributed by atoms with Crippen molar-refractivity contribution >= 4 is 60.2 Å². The largest absolute Gasteiger partial charge is 0.310 e. The Morgan fingerprint density at radius 1 is 0.277 bits per heavy atom. The smallest absolute Gasteiger partial charge is 0.0540 e. The molecule has 0 aliphatic rings. The molecule has 0 radical (unpaired) electrons. The van der Waals surface area contributed by atoms with Crippen LogP contribution in [0.25, 0.3) is 65.3 Å². The summed E-state index contributed by atoms with van der Waals surface area (Å²) in [6.45, 7) is 0. The molecule has 0 N–H and O–H groups in total. The highest BCUT2D eigenvalue weighted by atomic mass is 15.1. The Bertz CT molecular complexity index is 2530. The molecule has 0 saturated carbocycles. The quantitative estimate of drug-likeness (QED) is 0.178. The first-order chi connectivity index (χ1) is 23.3. The third-order valence-corrected chi connectivity index (χ3v) is 9.42. The maximum absolute atomic E-state index is 2.41. The predicted molar refractivity (Wildman–Crippen MR) is 202 cm³/mol. The molecule has 0 aliphatic carbocycles. The van der Waals surface area contributed by atoms with Gasteiger partial charge in [0.25, 0.3) is 0 Å². The van der Waals surface area contributed by atoms with Crippen molar-refractivity contribution in [3.8, 4) is 22.3 Å². The molecule has 0 spiro atoms. The van der Waals surface area contributed by atoms with E-state index in [9.17, 15) is 0 Å². The first kappa shape index (κ1) is 27.2. The Kier molecular flexibility index (Phi) is 6.54. The number of fused-ring (bicyclic) bond motifs is 7. The standard InChI is InChI=1S/C46H31N/c1-2-13-34(14-3-1)39-16-10-11-21-46(39)47(37-26-24-33(25-27-37)36-23-22-32-12-4-5-15-35(32)30-36)38-28-29-44-42-19-7-6-17-40(42)41-18-8-9-20-43(41)45(44)31-38/h1-31H. The number of benzene rings is 9. The van der Waals surface area contributed by atoms with E-state index in [4.69, 9.17) is 0 Å². The molecule has 9 rings (SSSR count). The minimum Gasteiger partial charge on any atom is -0.310 e. The van der Waals surface area contributed by atoms with Gasteiger partial charge in [-0.2, -0.15) is 0 Å². The minimum absolute atomic E-state index is 1.11. The fraction of sp³-hybridized carbons (Fsp3) is 0. The van der Waals surface area contributed by atoms with Gasteiger partial charge in [-0.1, -0.05) is 152 Å². The lowest BCUT2D eigenvalue weighted by Crippen LogP contribution is -2.11. The Balaban J connectivity index is 1.26. The van der Waals surface area contributed by atoms with E-state index >= 15 is 0 Å². The number of nitrogens with zero attached hydrogens (tertiary/aromatic N) is 1. The van der Waals surface area contributed by atoms with Crippen LogP contribution in [0.15, 0.2) is 188 Å². The Hall–Kier alpha value is -6.18. The van der Waals surface area contributed by atoms with Crippen LogP contribution in [0.1, 0.15) is 0 Å². The molecule has 0 saturated heterocycles. The molecule has 47 heavy (non-hydrogen) atoms. The van der Waals surface area contributed by atoms with Gasteiger partial charge in [0.05, 0.1) is 5.69 Å². The van der Waals surface area contributed by atoms with Gasteiger partial charge in [0, 0.05) is 16.9 Å². The zero-order valence-corrected chi connectivity index (χ0v) is 25.8. The average molecular weight is 598 g/mol. The first-order valence-corrected chi connectivity index (χ1v) is 16.2. The third kappa shape index (κ3) is 4.72. The lowest BCUT2D eigenvalue weighted by Gasteiger charge is -2.28. The Morgan fingerprint density at radius 2 is 0.809 bits per heavy atom. The Morgan fingerprint density at radius 3 is 1.53 bits per heavy atom. The summed E-state index contributed by atoms with van der Waals surface area (Å²) >= 11 is 0. The molecule has 0 atom stereocenters. The van der Waals surface area contributed by atoms with Crippen LogP contribution in [-0.2, 0) is 0 Å². The summed E-state index contributed by atoms with van der Waals surface area (Å²) in [6, 6.07) is 68.2. The van der Waals surface area contributed by atoms with E-state index in [1.54, 1.807) is 0 Å². The van der Waals surface area contributed by atoms with E-state index in [1.165, 1.54) is 65.3 Å². The summed E-state index contributed by atoms with van der Waals surface area (Å²) in [5.74, 6) is 0. The van der Waals surface area contributed by atoms with Crippen LogP contribution in [0.2, 0.25) is 0 Å². The van der Waals surface area contributed by atoms with Crippen LogP contribution in [0.4, 0.5) is 17.1 Å². The second-order valence-electron chi connectivity index (χ2n) is 12.1. The number of anilines is 3. The second kappa shape index (κ2) is 11.3. The summed E-state index contributed by atoms with van der Waals surface area (Å²) in [6.07, 6.45) is 0. The predicted octanol–water partition coefficient (Wildman–Crippen LogP) is 13.1. The van der Waals surface area contributed by atoms with Crippen LogP contribution in [0.5, 0.6) is 0 Å². The summed E-state index contributed by atoms with van der Waals surface area (Å²) in [5.41, 5.74) is 8.18. The van der Waals surface area contributed by atoms with Gasteiger partial charge in [-0.25, -0.2) is 0 Å². The molecule has 0 aliphatic heterocycles. The highest BCUT2D eigenvalue weighted by Crippen LogP contribution is 2.44. The highest BCUT2D eigenvalue weighted by Gasteiger charge is 2.19. The molecule has 9 aromatic rings. The van der Waals surface area contributed by atoms with Crippen molar-refractivity contribution in [2.45, 2.75) is 0 Å². The molecule has 0 amide bonds. The summed E-state index contributed by atoms with van der Waals surface area (Å²) < 4.78 is 0. The van der Waals surface area contributed by atoms with E-state index < -0.39 is 0 Å². The van der Waals surface area contributed by atoms with Gasteiger partial charge in [0.15, 0.2) is 0 Å². The number of rotatable bonds is 5. The van der Waals surface area contributed by atoms with Gasteiger partial charge in [-0.05, 0) is 96.2 Å². The van der Waals surface area contributed by atoms with Gasteiger partial charge in [0.1, 0.15) is 0 Å². The molecule has 0 unspecified atom stereocenters. The van der Waals surface area contributed by atoms with E-state index in [-0.39, 0.29) is 0 Å². The topological polar surface area (TPSA) is 3.24 Å². The number of hydrogen-bond acceptors (Lipinski definition) is 1. The van der Waals surface area contributed by atoms with Crippen LogP contribution < -0.4 is 4.90 Å². The summed E-state index contributed by atoms with van der Waals surface area (Å²) in [5, 5.41) is 10.2. The zero-order chi connectivity index (χ0) is 31.2. The number of para-hydroxylation sites is 1. The third-order valence-electron chi connectivity index (χ3n) is 9.42. The van der Waals surface area contributed by atoms with Gasteiger partial charge >= 0.3 is 0 Å². The summed E-state index contributed by atoms with van der Waals surface area (Å²) in [7, 11) is 0. The fourth-order valence-corrected chi connectivity index (χ4v) is 7.16. The molecule has 0 fully saturated rings. The van der Waals surface area contributed by atoms with E-state index in [2.05, 4.69) is 193 Å². The van der Waals surface area contributed by atoms with Crippen LogP contribution in [0.3, 0.4) is 0 Å². The van der Waals surface area contributed by atoms with Gasteiger partial charge in [-0.3, -0.25) is 0 Å². The van der Waals surface area contributed by atoms with Crippen molar-refractivity contribution in [2.75, 3.05) is 4.90 Å². The number of hydrogen-bond donors (Lipinski definition) is 0. The fourth-order valence-electron chi connectivity index (χ4n) is 7.16. The van der Waals surface area contributed by atoms with E-state index in [0.717, 1.165) is 17.1 Å². The maximum atomic E-state index is 2.41. The van der Waals surface area contributed by atoms with Crippen LogP contribution >= 0.6 is 0 Å². The lowest BCUT2D eigenvalue weighted by molar-refractivity contribution is 1.29. The second-order valence-corrected chi connectivity index (χ2v) is 12.1. The van der Waals surface area contributed by atoms with Crippen molar-refractivity contribution in [3.05, 3.63) is 188 Å². The van der Waals surface area contributed by atoms with Crippen molar-refractivity contribution in [1.82, 2.24) is 0 Å². The van der Waals surface area contributed by atoms with Crippen molar-refractivity contribution in [1.29, 1.82) is 0 Å². The van der Waals surface area contributed by atoms with E-state index in [0.29, 0.717) is 0 Å². The van der Waals surface area contributed by atoms with Crippen molar-refractivity contribution < 1.29 is 0 Å². The highest BCUT2D eigenvalue weighted by molar-refractivity contribution is 6.25. The van der Waals surface area contributed by atoms with Gasteiger partial charge in [0.2, 0.25) is 0 Å². The zero-order valence-electron chi connectivity index (χ0n) is 25.8. The molecule has 0 heterocycles. The van der Waals surface area contributed by atoms with Crippen molar-refractivity contribution in [2.24, 2.45) is 0 Å². The molecule has 1 nitrogen and oxygen atoms in total. The van der Waals surface area contributed by atoms with Crippen molar-refractivity contribution in [3.63, 3.8) is 0 Å². The molecule has 1 heteroatoms. The van der Waals surface area contributed by atoms with Crippen LogP contribution in [-0.4, -0.2) is 0 Å². The minimum atomic E-state index is 1.11. The average Bonchev–Trinajstić information content (AvgIpc) is 3.16. The Labute approximate surface area is 274 Å². The molecule has 9 aromatic carbocycles. The van der Waals surface area contributed by atoms with E-state index in [1.807, 2.05) is 0 Å². The maximum Gasteiger partial charge on any atom is 0.0540 e. The lowest BCUT2D eigenvalue weighted by atomic mass is 9.93. The first-order valence-electron chi connectivity index (χ1n) is 16.2. The molecular weight excluding hydrogens is 567 g/mol. The van der Waals surface area contributed by atoms with Gasteiger partial charge < -0.3 is 4.90 Å². The monoisotopic (exact) mass is 597 g/mol. The normalized spacial score (nSPS) is 11.4. The molecular formula is C46H31N. The molecule has 0 bridgehead atoms.